The van der Waals surface area contributed by atoms with Gasteiger partial charge in [0, 0.05) is 39.2 Å². The fourth-order valence-electron chi connectivity index (χ4n) is 1.09. The van der Waals surface area contributed by atoms with E-state index in [1.165, 1.54) is 0 Å². The van der Waals surface area contributed by atoms with Gasteiger partial charge in [0.05, 0.1) is 6.33 Å². The van der Waals surface area contributed by atoms with Crippen molar-refractivity contribution in [1.29, 1.82) is 0 Å². The van der Waals surface area contributed by atoms with Crippen molar-refractivity contribution in [2.45, 2.75) is 13.0 Å². The highest BCUT2D eigenvalue weighted by Crippen LogP contribution is 1.84. The Bertz CT molecular complexity index is 199. The summed E-state index contributed by atoms with van der Waals surface area (Å²) >= 11 is 0. The first kappa shape index (κ1) is 10.2. The van der Waals surface area contributed by atoms with E-state index in [1.54, 1.807) is 13.3 Å². The second-order valence-electron chi connectivity index (χ2n) is 2.90. The molecule has 4 nitrogen and oxygen atoms in total. The molecule has 1 heterocycles. The Kier molecular flexibility index (Phi) is 5.20. The lowest BCUT2D eigenvalue weighted by molar-refractivity contribution is 0.194. The quantitative estimate of drug-likeness (QED) is 0.626. The number of imidazole rings is 1. The molecule has 1 aromatic rings. The third kappa shape index (κ3) is 4.65. The molecule has 0 aliphatic heterocycles. The highest BCUT2D eigenvalue weighted by Gasteiger charge is 1.89. The molecule has 0 fully saturated rings. The molecule has 1 N–H and O–H groups in total. The highest BCUT2D eigenvalue weighted by atomic mass is 16.5. The van der Waals surface area contributed by atoms with Crippen LogP contribution in [0.1, 0.15) is 6.42 Å². The van der Waals surface area contributed by atoms with Gasteiger partial charge in [-0.05, 0) is 13.0 Å². The minimum atomic E-state index is 0.831. The summed E-state index contributed by atoms with van der Waals surface area (Å²) in [5, 5.41) is 3.33. The second-order valence-corrected chi connectivity index (χ2v) is 2.90. The number of rotatable bonds is 7. The Balaban J connectivity index is 1.90. The average molecular weight is 183 g/mol. The van der Waals surface area contributed by atoms with Crippen LogP contribution >= 0.6 is 0 Å². The Morgan fingerprint density at radius 1 is 1.46 bits per heavy atom. The first-order valence-electron chi connectivity index (χ1n) is 4.59. The minimum Gasteiger partial charge on any atom is -0.385 e. The molecule has 0 aliphatic carbocycles. The number of nitrogens with zero attached hydrogens (tertiary/aromatic N) is 2. The third-order valence-electron chi connectivity index (χ3n) is 1.81. The first-order valence-corrected chi connectivity index (χ1v) is 4.59. The summed E-state index contributed by atoms with van der Waals surface area (Å²) in [6, 6.07) is 0. The van der Waals surface area contributed by atoms with E-state index in [4.69, 9.17) is 4.74 Å². The van der Waals surface area contributed by atoms with Gasteiger partial charge in [0.2, 0.25) is 0 Å². The smallest absolute Gasteiger partial charge is 0.0946 e. The molecule has 0 unspecified atom stereocenters. The van der Waals surface area contributed by atoms with Gasteiger partial charge in [-0.2, -0.15) is 0 Å². The summed E-state index contributed by atoms with van der Waals surface area (Å²) in [6.07, 6.45) is 6.67. The SMILES string of the molecule is COCCCNCCn1ccnc1. The maximum absolute atomic E-state index is 4.94. The van der Waals surface area contributed by atoms with E-state index in [1.807, 2.05) is 12.5 Å². The lowest BCUT2D eigenvalue weighted by Gasteiger charge is -2.04. The summed E-state index contributed by atoms with van der Waals surface area (Å²) in [5.74, 6) is 0. The molecule has 0 radical (unpaired) electrons. The van der Waals surface area contributed by atoms with Crippen molar-refractivity contribution in [3.05, 3.63) is 18.7 Å². The summed E-state index contributed by atoms with van der Waals surface area (Å²) < 4.78 is 7.00. The van der Waals surface area contributed by atoms with Gasteiger partial charge in [-0.25, -0.2) is 4.98 Å². The zero-order valence-corrected chi connectivity index (χ0v) is 8.07. The van der Waals surface area contributed by atoms with Gasteiger partial charge in [0.1, 0.15) is 0 Å². The molecule has 13 heavy (non-hydrogen) atoms. The standard InChI is InChI=1S/C9H17N3O/c1-13-8-2-3-10-4-6-12-7-5-11-9-12/h5,7,9-10H,2-4,6,8H2,1H3. The lowest BCUT2D eigenvalue weighted by atomic mass is 10.4. The Hall–Kier alpha value is -0.870. The molecule has 0 aromatic carbocycles. The van der Waals surface area contributed by atoms with Crippen molar-refractivity contribution in [2.75, 3.05) is 26.8 Å². The Morgan fingerprint density at radius 3 is 3.08 bits per heavy atom. The van der Waals surface area contributed by atoms with Crippen LogP contribution < -0.4 is 5.32 Å². The fraction of sp³-hybridized carbons (Fsp3) is 0.667. The maximum Gasteiger partial charge on any atom is 0.0946 e. The van der Waals surface area contributed by atoms with E-state index >= 15 is 0 Å². The molecular formula is C9H17N3O. The van der Waals surface area contributed by atoms with Crippen LogP contribution in [0.15, 0.2) is 18.7 Å². The molecule has 74 valence electrons. The Labute approximate surface area is 78.9 Å². The molecule has 0 aliphatic rings. The van der Waals surface area contributed by atoms with Crippen molar-refractivity contribution in [2.24, 2.45) is 0 Å². The van der Waals surface area contributed by atoms with Crippen LogP contribution in [0.3, 0.4) is 0 Å². The number of aromatic nitrogens is 2. The maximum atomic E-state index is 4.94. The summed E-state index contributed by atoms with van der Waals surface area (Å²) in [7, 11) is 1.73. The second kappa shape index (κ2) is 6.62. The lowest BCUT2D eigenvalue weighted by Crippen LogP contribution is -2.21. The van der Waals surface area contributed by atoms with Crippen LogP contribution in [0.2, 0.25) is 0 Å². The number of methoxy groups -OCH3 is 1. The van der Waals surface area contributed by atoms with Crippen LogP contribution in [0.5, 0.6) is 0 Å². The van der Waals surface area contributed by atoms with Gasteiger partial charge < -0.3 is 14.6 Å². The third-order valence-corrected chi connectivity index (χ3v) is 1.81. The van der Waals surface area contributed by atoms with Crippen molar-refractivity contribution in [1.82, 2.24) is 14.9 Å². The van der Waals surface area contributed by atoms with E-state index in [2.05, 4.69) is 14.9 Å². The molecule has 0 saturated heterocycles. The summed E-state index contributed by atoms with van der Waals surface area (Å²) in [6.45, 7) is 3.81. The van der Waals surface area contributed by atoms with E-state index in [0.29, 0.717) is 0 Å². The monoisotopic (exact) mass is 183 g/mol. The number of hydrogen-bond donors (Lipinski definition) is 1. The van der Waals surface area contributed by atoms with E-state index in [9.17, 15) is 0 Å². The predicted octanol–water partition coefficient (Wildman–Crippen LogP) is 0.509. The largest absolute Gasteiger partial charge is 0.385 e. The van der Waals surface area contributed by atoms with E-state index < -0.39 is 0 Å². The molecule has 4 heteroatoms. The molecule has 0 bridgehead atoms. The van der Waals surface area contributed by atoms with E-state index in [0.717, 1.165) is 32.7 Å². The summed E-state index contributed by atoms with van der Waals surface area (Å²) in [4.78, 5) is 3.97. The van der Waals surface area contributed by atoms with Crippen LogP contribution in [0.4, 0.5) is 0 Å². The molecule has 1 aromatic heterocycles. The normalized spacial score (nSPS) is 10.5. The van der Waals surface area contributed by atoms with Gasteiger partial charge in [0.25, 0.3) is 0 Å². The van der Waals surface area contributed by atoms with Gasteiger partial charge in [-0.15, -0.1) is 0 Å². The van der Waals surface area contributed by atoms with Crippen molar-refractivity contribution < 1.29 is 4.74 Å². The summed E-state index contributed by atoms with van der Waals surface area (Å²) in [5.41, 5.74) is 0. The first-order chi connectivity index (χ1) is 6.43. The minimum absolute atomic E-state index is 0.831. The van der Waals surface area contributed by atoms with Gasteiger partial charge in [-0.3, -0.25) is 0 Å². The number of nitrogens with one attached hydrogen (secondary N) is 1. The molecule has 0 spiro atoms. The van der Waals surface area contributed by atoms with Crippen molar-refractivity contribution >= 4 is 0 Å². The highest BCUT2D eigenvalue weighted by molar-refractivity contribution is 4.73. The molecule has 1 rings (SSSR count). The van der Waals surface area contributed by atoms with Crippen molar-refractivity contribution in [3.63, 3.8) is 0 Å². The van der Waals surface area contributed by atoms with Crippen LogP contribution in [0, 0.1) is 0 Å². The molecule has 0 saturated carbocycles. The van der Waals surface area contributed by atoms with Crippen LogP contribution in [0.25, 0.3) is 0 Å². The topological polar surface area (TPSA) is 39.1 Å². The molecular weight excluding hydrogens is 166 g/mol. The van der Waals surface area contributed by atoms with Gasteiger partial charge >= 0.3 is 0 Å². The van der Waals surface area contributed by atoms with Gasteiger partial charge in [-0.1, -0.05) is 0 Å². The van der Waals surface area contributed by atoms with Crippen LogP contribution in [-0.2, 0) is 11.3 Å². The fourth-order valence-corrected chi connectivity index (χ4v) is 1.09. The zero-order chi connectivity index (χ0) is 9.36. The Morgan fingerprint density at radius 2 is 2.38 bits per heavy atom. The van der Waals surface area contributed by atoms with E-state index in [-0.39, 0.29) is 0 Å². The number of ether oxygens (including phenoxy) is 1. The molecule has 0 atom stereocenters. The average Bonchev–Trinajstić information content (AvgIpc) is 2.63. The van der Waals surface area contributed by atoms with Crippen LogP contribution in [-0.4, -0.2) is 36.4 Å². The van der Waals surface area contributed by atoms with Gasteiger partial charge in [0.15, 0.2) is 0 Å². The zero-order valence-electron chi connectivity index (χ0n) is 8.07. The molecule has 0 amide bonds. The van der Waals surface area contributed by atoms with Crippen molar-refractivity contribution in [3.8, 4) is 0 Å². The predicted molar refractivity (Wildman–Crippen MR) is 51.6 cm³/mol. The number of hydrogen-bond acceptors (Lipinski definition) is 3.